The second-order valence-corrected chi connectivity index (χ2v) is 10.6. The number of ether oxygens (including phenoxy) is 1. The standard InChI is InChI=1S/C26H33ClN8O4/c1-25(2,15-36)39-17-7-4-16(5-8-17)6-9-18(37)35-12-10-26(11-13-35)14-30-24(34-26)33-23(38)19-22(29-3)32-21(28)20(27)31-19/h4-5,7-8,15H,6,9-14H2,1-3H3,(H3,28,29,32)(H2,30,33,34,38). The van der Waals surface area contributed by atoms with Gasteiger partial charge in [-0.1, -0.05) is 23.7 Å². The first-order chi connectivity index (χ1) is 18.5. The van der Waals surface area contributed by atoms with Gasteiger partial charge in [0.05, 0.1) is 12.1 Å². The predicted octanol–water partition coefficient (Wildman–Crippen LogP) is 1.79. The fourth-order valence-corrected chi connectivity index (χ4v) is 4.61. The van der Waals surface area contributed by atoms with Crippen molar-refractivity contribution in [3.63, 3.8) is 0 Å². The molecular formula is C26H33ClN8O4. The van der Waals surface area contributed by atoms with Gasteiger partial charge in [-0.3, -0.25) is 24.7 Å². The minimum absolute atomic E-state index is 0.00883. The number of aliphatic imine (C=N–C) groups is 1. The molecule has 1 aromatic heterocycles. The summed E-state index contributed by atoms with van der Waals surface area (Å²) in [5.41, 5.74) is 5.50. The van der Waals surface area contributed by atoms with Gasteiger partial charge in [0.2, 0.25) is 5.91 Å². The number of hydrogen-bond acceptors (Lipinski definition) is 10. The summed E-state index contributed by atoms with van der Waals surface area (Å²) >= 11 is 5.95. The molecule has 0 saturated carbocycles. The van der Waals surface area contributed by atoms with Crippen LogP contribution in [-0.4, -0.2) is 76.7 Å². The first-order valence-electron chi connectivity index (χ1n) is 12.7. The Morgan fingerprint density at radius 3 is 2.56 bits per heavy atom. The number of benzene rings is 1. The van der Waals surface area contributed by atoms with E-state index < -0.39 is 11.5 Å². The van der Waals surface area contributed by atoms with Gasteiger partial charge in [-0.2, -0.15) is 0 Å². The first-order valence-corrected chi connectivity index (χ1v) is 13.1. The number of guanidine groups is 1. The smallest absolute Gasteiger partial charge is 0.280 e. The average molecular weight is 557 g/mol. The molecule has 2 aliphatic rings. The molecule has 2 aliphatic heterocycles. The number of nitrogens with two attached hydrogens (primary N) is 1. The van der Waals surface area contributed by atoms with E-state index in [1.807, 2.05) is 29.2 Å². The number of amides is 2. The molecule has 39 heavy (non-hydrogen) atoms. The normalized spacial score (nSPS) is 16.3. The van der Waals surface area contributed by atoms with Crippen LogP contribution in [0.5, 0.6) is 5.75 Å². The summed E-state index contributed by atoms with van der Waals surface area (Å²) in [6.07, 6.45) is 3.18. The Morgan fingerprint density at radius 1 is 1.23 bits per heavy atom. The number of nitrogens with zero attached hydrogens (tertiary/aromatic N) is 4. The topological polar surface area (TPSA) is 164 Å². The van der Waals surface area contributed by atoms with Gasteiger partial charge in [0.25, 0.3) is 5.91 Å². The fraction of sp³-hybridized carbons (Fsp3) is 0.462. The number of nitrogen functional groups attached to an aromatic ring is 1. The van der Waals surface area contributed by atoms with Crippen molar-refractivity contribution in [3.8, 4) is 5.75 Å². The summed E-state index contributed by atoms with van der Waals surface area (Å²) in [7, 11) is 1.60. The van der Waals surface area contributed by atoms with Crippen LogP contribution >= 0.6 is 11.6 Å². The van der Waals surface area contributed by atoms with Crippen LogP contribution in [-0.2, 0) is 16.0 Å². The summed E-state index contributed by atoms with van der Waals surface area (Å²) < 4.78 is 5.64. The van der Waals surface area contributed by atoms with Crippen molar-refractivity contribution < 1.29 is 19.1 Å². The summed E-state index contributed by atoms with van der Waals surface area (Å²) in [6.45, 7) is 5.09. The summed E-state index contributed by atoms with van der Waals surface area (Å²) in [5, 5.41) is 8.80. The molecule has 5 N–H and O–H groups in total. The molecule has 1 fully saturated rings. The van der Waals surface area contributed by atoms with Crippen LogP contribution in [0.4, 0.5) is 11.6 Å². The molecule has 0 unspecified atom stereocenters. The van der Waals surface area contributed by atoms with Gasteiger partial charge in [-0.05, 0) is 50.8 Å². The van der Waals surface area contributed by atoms with Crippen molar-refractivity contribution in [2.45, 2.75) is 50.7 Å². The highest BCUT2D eigenvalue weighted by atomic mass is 35.5. The Kier molecular flexibility index (Phi) is 8.24. The van der Waals surface area contributed by atoms with Crippen LogP contribution in [0.25, 0.3) is 0 Å². The molecule has 0 bridgehead atoms. The molecule has 4 rings (SSSR count). The zero-order valence-corrected chi connectivity index (χ0v) is 23.0. The van der Waals surface area contributed by atoms with Crippen molar-refractivity contribution in [1.82, 2.24) is 25.5 Å². The maximum absolute atomic E-state index is 12.9. The molecule has 208 valence electrons. The zero-order chi connectivity index (χ0) is 28.2. The third kappa shape index (κ3) is 6.75. The van der Waals surface area contributed by atoms with Gasteiger partial charge in [0.15, 0.2) is 40.3 Å². The van der Waals surface area contributed by atoms with E-state index in [1.54, 1.807) is 20.9 Å². The molecule has 0 aliphatic carbocycles. The van der Waals surface area contributed by atoms with E-state index in [2.05, 4.69) is 30.9 Å². The van der Waals surface area contributed by atoms with Gasteiger partial charge < -0.3 is 26.0 Å². The maximum Gasteiger partial charge on any atom is 0.280 e. The molecule has 12 nitrogen and oxygen atoms in total. The van der Waals surface area contributed by atoms with Gasteiger partial charge in [0.1, 0.15) is 5.75 Å². The van der Waals surface area contributed by atoms with E-state index in [-0.39, 0.29) is 33.9 Å². The van der Waals surface area contributed by atoms with E-state index in [4.69, 9.17) is 22.1 Å². The minimum atomic E-state index is -0.884. The molecule has 1 saturated heterocycles. The highest BCUT2D eigenvalue weighted by molar-refractivity contribution is 6.31. The predicted molar refractivity (Wildman–Crippen MR) is 148 cm³/mol. The van der Waals surface area contributed by atoms with Gasteiger partial charge >= 0.3 is 0 Å². The highest BCUT2D eigenvalue weighted by Gasteiger charge is 2.40. The molecule has 13 heteroatoms. The lowest BCUT2D eigenvalue weighted by atomic mass is 9.88. The number of likely N-dealkylation sites (tertiary alicyclic amines) is 1. The van der Waals surface area contributed by atoms with E-state index >= 15 is 0 Å². The Bertz CT molecular complexity index is 1270. The quantitative estimate of drug-likeness (QED) is 0.355. The number of nitrogens with one attached hydrogen (secondary N) is 3. The summed E-state index contributed by atoms with van der Waals surface area (Å²) in [6, 6.07) is 7.44. The average Bonchev–Trinajstić information content (AvgIpc) is 3.30. The third-order valence-corrected chi connectivity index (χ3v) is 7.05. The van der Waals surface area contributed by atoms with Crippen LogP contribution in [0.2, 0.25) is 5.15 Å². The van der Waals surface area contributed by atoms with Gasteiger partial charge in [0, 0.05) is 26.6 Å². The van der Waals surface area contributed by atoms with E-state index in [0.717, 1.165) is 11.8 Å². The number of piperidine rings is 1. The lowest BCUT2D eigenvalue weighted by Crippen LogP contribution is -2.57. The summed E-state index contributed by atoms with van der Waals surface area (Å²) in [4.78, 5) is 51.1. The molecule has 3 heterocycles. The van der Waals surface area contributed by atoms with Crippen LogP contribution in [0.15, 0.2) is 29.3 Å². The number of carbonyl (C=O) groups excluding carboxylic acids is 3. The number of anilines is 2. The molecule has 2 aromatic rings. The Hall–Kier alpha value is -3.93. The Labute approximate surface area is 231 Å². The third-order valence-electron chi connectivity index (χ3n) is 6.77. The molecule has 0 atom stereocenters. The number of aryl methyl sites for hydroxylation is 1. The second-order valence-electron chi connectivity index (χ2n) is 10.2. The van der Waals surface area contributed by atoms with E-state index in [0.29, 0.717) is 57.0 Å². The molecular weight excluding hydrogens is 524 g/mol. The van der Waals surface area contributed by atoms with E-state index in [9.17, 15) is 14.4 Å². The number of halogens is 1. The first kappa shape index (κ1) is 28.1. The van der Waals surface area contributed by atoms with Crippen LogP contribution in [0.1, 0.15) is 49.2 Å². The number of aldehydes is 1. The van der Waals surface area contributed by atoms with Crippen LogP contribution in [0, 0.1) is 0 Å². The minimum Gasteiger partial charge on any atom is -0.480 e. The van der Waals surface area contributed by atoms with Crippen molar-refractivity contribution >= 4 is 47.3 Å². The van der Waals surface area contributed by atoms with Crippen molar-refractivity contribution in [3.05, 3.63) is 40.7 Å². The maximum atomic E-state index is 12.9. The zero-order valence-electron chi connectivity index (χ0n) is 22.2. The lowest BCUT2D eigenvalue weighted by Gasteiger charge is -2.39. The van der Waals surface area contributed by atoms with Crippen molar-refractivity contribution in [2.24, 2.45) is 4.99 Å². The van der Waals surface area contributed by atoms with Crippen molar-refractivity contribution in [2.75, 3.05) is 37.7 Å². The number of hydrogen-bond donors (Lipinski definition) is 4. The highest BCUT2D eigenvalue weighted by Crippen LogP contribution is 2.27. The fourth-order valence-electron chi connectivity index (χ4n) is 4.49. The van der Waals surface area contributed by atoms with E-state index in [1.165, 1.54) is 0 Å². The molecule has 2 amide bonds. The molecule has 0 radical (unpaired) electrons. The SMILES string of the molecule is CNc1nc(N)c(Cl)nc1C(=O)NC1=NCC2(CCN(C(=O)CCc3ccc(OC(C)(C)C=O)cc3)CC2)N1. The molecule has 1 aromatic carbocycles. The van der Waals surface area contributed by atoms with Crippen LogP contribution in [0.3, 0.4) is 0 Å². The largest absolute Gasteiger partial charge is 0.480 e. The second kappa shape index (κ2) is 11.4. The number of rotatable bonds is 8. The summed E-state index contributed by atoms with van der Waals surface area (Å²) in [5.74, 6) is 0.769. The monoisotopic (exact) mass is 556 g/mol. The van der Waals surface area contributed by atoms with Gasteiger partial charge in [-0.25, -0.2) is 9.97 Å². The Balaban J connectivity index is 1.24. The lowest BCUT2D eigenvalue weighted by molar-refractivity contribution is -0.132. The number of aromatic nitrogens is 2. The van der Waals surface area contributed by atoms with Gasteiger partial charge in [-0.15, -0.1) is 0 Å². The Morgan fingerprint density at radius 2 is 1.92 bits per heavy atom. The van der Waals surface area contributed by atoms with Crippen molar-refractivity contribution in [1.29, 1.82) is 0 Å². The van der Waals surface area contributed by atoms with Crippen LogP contribution < -0.4 is 26.4 Å². The molecule has 1 spiro atoms. The number of carbonyl (C=O) groups is 3.